The van der Waals surface area contributed by atoms with Crippen LogP contribution in [0.2, 0.25) is 0 Å². The van der Waals surface area contributed by atoms with Crippen LogP contribution in [0.15, 0.2) is 6.33 Å². The van der Waals surface area contributed by atoms with E-state index < -0.39 is 10.8 Å². The number of nitrogens with zero attached hydrogens (tertiary/aromatic N) is 2. The Morgan fingerprint density at radius 2 is 1.83 bits per heavy atom. The zero-order valence-electron chi connectivity index (χ0n) is 11.3. The van der Waals surface area contributed by atoms with Crippen molar-refractivity contribution in [1.82, 2.24) is 9.97 Å². The van der Waals surface area contributed by atoms with Gasteiger partial charge < -0.3 is 10.6 Å². The lowest BCUT2D eigenvalue weighted by atomic mass is 10.2. The molecule has 1 aromatic rings. The minimum atomic E-state index is -0.739. The van der Waals surface area contributed by atoms with Crippen molar-refractivity contribution >= 4 is 22.4 Å². The molecule has 0 bridgehead atoms. The molecule has 0 aliphatic rings. The molecule has 102 valence electrons. The van der Waals surface area contributed by atoms with Crippen LogP contribution in [0.5, 0.6) is 0 Å². The van der Waals surface area contributed by atoms with E-state index in [0.29, 0.717) is 18.1 Å². The molecule has 0 radical (unpaired) electrons. The molecule has 5 nitrogen and oxygen atoms in total. The van der Waals surface area contributed by atoms with Gasteiger partial charge in [-0.2, -0.15) is 0 Å². The SMILES string of the molecule is CCNc1ncnc(NCCS(=O)CC)c1CC. The highest BCUT2D eigenvalue weighted by atomic mass is 32.2. The van der Waals surface area contributed by atoms with E-state index in [-0.39, 0.29) is 0 Å². The Kier molecular flexibility index (Phi) is 6.64. The zero-order valence-corrected chi connectivity index (χ0v) is 12.1. The van der Waals surface area contributed by atoms with Gasteiger partial charge in [0.05, 0.1) is 0 Å². The summed E-state index contributed by atoms with van der Waals surface area (Å²) in [6.07, 6.45) is 2.42. The third-order valence-corrected chi connectivity index (χ3v) is 3.89. The maximum absolute atomic E-state index is 11.4. The van der Waals surface area contributed by atoms with Crippen molar-refractivity contribution in [2.75, 3.05) is 35.2 Å². The zero-order chi connectivity index (χ0) is 13.4. The summed E-state index contributed by atoms with van der Waals surface area (Å²) in [6, 6.07) is 0. The summed E-state index contributed by atoms with van der Waals surface area (Å²) in [6.45, 7) is 7.56. The summed E-state index contributed by atoms with van der Waals surface area (Å²) in [5, 5.41) is 6.47. The average molecular weight is 270 g/mol. The van der Waals surface area contributed by atoms with Gasteiger partial charge in [0.25, 0.3) is 0 Å². The van der Waals surface area contributed by atoms with E-state index in [4.69, 9.17) is 0 Å². The van der Waals surface area contributed by atoms with E-state index in [2.05, 4.69) is 27.5 Å². The maximum atomic E-state index is 11.4. The van der Waals surface area contributed by atoms with Gasteiger partial charge in [0.2, 0.25) is 0 Å². The first-order valence-electron chi connectivity index (χ1n) is 6.39. The molecular formula is C12H22N4OS. The van der Waals surface area contributed by atoms with Crippen molar-refractivity contribution < 1.29 is 4.21 Å². The number of hydrogen-bond acceptors (Lipinski definition) is 5. The predicted molar refractivity (Wildman–Crippen MR) is 77.6 cm³/mol. The molecule has 1 rings (SSSR count). The highest BCUT2D eigenvalue weighted by Crippen LogP contribution is 2.19. The topological polar surface area (TPSA) is 66.9 Å². The van der Waals surface area contributed by atoms with Crippen molar-refractivity contribution in [3.05, 3.63) is 11.9 Å². The van der Waals surface area contributed by atoms with E-state index in [1.807, 2.05) is 13.8 Å². The Morgan fingerprint density at radius 3 is 2.39 bits per heavy atom. The fourth-order valence-electron chi connectivity index (χ4n) is 1.65. The Morgan fingerprint density at radius 1 is 1.17 bits per heavy atom. The summed E-state index contributed by atoms with van der Waals surface area (Å²) >= 11 is 0. The van der Waals surface area contributed by atoms with Crippen LogP contribution in [-0.2, 0) is 17.2 Å². The maximum Gasteiger partial charge on any atom is 0.134 e. The van der Waals surface area contributed by atoms with E-state index in [1.165, 1.54) is 0 Å². The highest BCUT2D eigenvalue weighted by Gasteiger charge is 2.08. The number of nitrogens with one attached hydrogen (secondary N) is 2. The number of hydrogen-bond donors (Lipinski definition) is 2. The fourth-order valence-corrected chi connectivity index (χ4v) is 2.27. The molecule has 1 heterocycles. The molecule has 0 spiro atoms. The van der Waals surface area contributed by atoms with Gasteiger partial charge in [-0.3, -0.25) is 4.21 Å². The monoisotopic (exact) mass is 270 g/mol. The van der Waals surface area contributed by atoms with Gasteiger partial charge in [0.15, 0.2) is 0 Å². The van der Waals surface area contributed by atoms with Gasteiger partial charge in [-0.25, -0.2) is 9.97 Å². The van der Waals surface area contributed by atoms with Gasteiger partial charge in [-0.15, -0.1) is 0 Å². The lowest BCUT2D eigenvalue weighted by molar-refractivity contribution is 0.684. The largest absolute Gasteiger partial charge is 0.370 e. The van der Waals surface area contributed by atoms with Crippen molar-refractivity contribution in [2.45, 2.75) is 27.2 Å². The average Bonchev–Trinajstić information content (AvgIpc) is 2.39. The second-order valence-electron chi connectivity index (χ2n) is 3.79. The van der Waals surface area contributed by atoms with Crippen LogP contribution in [0.25, 0.3) is 0 Å². The summed E-state index contributed by atoms with van der Waals surface area (Å²) in [5.74, 6) is 3.08. The molecule has 0 aromatic carbocycles. The van der Waals surface area contributed by atoms with Crippen LogP contribution < -0.4 is 10.6 Å². The first-order chi connectivity index (χ1) is 8.72. The smallest absolute Gasteiger partial charge is 0.134 e. The van der Waals surface area contributed by atoms with Crippen molar-refractivity contribution in [3.8, 4) is 0 Å². The third-order valence-electron chi connectivity index (χ3n) is 2.59. The van der Waals surface area contributed by atoms with Gasteiger partial charge in [0.1, 0.15) is 18.0 Å². The van der Waals surface area contributed by atoms with Crippen LogP contribution in [0.1, 0.15) is 26.3 Å². The highest BCUT2D eigenvalue weighted by molar-refractivity contribution is 7.84. The molecule has 0 aliphatic carbocycles. The molecule has 1 atom stereocenters. The molecule has 0 saturated heterocycles. The molecule has 0 aliphatic heterocycles. The van der Waals surface area contributed by atoms with Crippen LogP contribution in [0.3, 0.4) is 0 Å². The van der Waals surface area contributed by atoms with E-state index >= 15 is 0 Å². The van der Waals surface area contributed by atoms with Crippen molar-refractivity contribution in [2.24, 2.45) is 0 Å². The number of anilines is 2. The summed E-state index contributed by atoms with van der Waals surface area (Å²) in [7, 11) is -0.739. The van der Waals surface area contributed by atoms with E-state index in [9.17, 15) is 4.21 Å². The minimum absolute atomic E-state index is 0.653. The first kappa shape index (κ1) is 14.9. The summed E-state index contributed by atoms with van der Waals surface area (Å²) < 4.78 is 11.4. The van der Waals surface area contributed by atoms with Crippen LogP contribution in [-0.4, -0.2) is 38.8 Å². The van der Waals surface area contributed by atoms with E-state index in [0.717, 1.165) is 30.2 Å². The quantitative estimate of drug-likeness (QED) is 0.752. The van der Waals surface area contributed by atoms with Gasteiger partial charge in [0, 0.05) is 41.0 Å². The Bertz CT molecular complexity index is 398. The third kappa shape index (κ3) is 4.25. The first-order valence-corrected chi connectivity index (χ1v) is 7.88. The van der Waals surface area contributed by atoms with Gasteiger partial charge >= 0.3 is 0 Å². The van der Waals surface area contributed by atoms with Crippen LogP contribution >= 0.6 is 0 Å². The fraction of sp³-hybridized carbons (Fsp3) is 0.667. The van der Waals surface area contributed by atoms with Crippen molar-refractivity contribution in [3.63, 3.8) is 0 Å². The van der Waals surface area contributed by atoms with E-state index in [1.54, 1.807) is 6.33 Å². The lowest BCUT2D eigenvalue weighted by Crippen LogP contribution is -2.15. The Labute approximate surface area is 111 Å². The molecule has 18 heavy (non-hydrogen) atoms. The molecule has 6 heteroatoms. The van der Waals surface area contributed by atoms with Crippen molar-refractivity contribution in [1.29, 1.82) is 0 Å². The van der Waals surface area contributed by atoms with Crippen LogP contribution in [0.4, 0.5) is 11.6 Å². The molecule has 0 saturated carbocycles. The normalized spacial score (nSPS) is 12.2. The predicted octanol–water partition coefficient (Wildman–Crippen LogP) is 1.65. The molecule has 1 aromatic heterocycles. The number of rotatable bonds is 8. The summed E-state index contributed by atoms with van der Waals surface area (Å²) in [4.78, 5) is 8.49. The second kappa shape index (κ2) is 8.02. The molecular weight excluding hydrogens is 248 g/mol. The number of aromatic nitrogens is 2. The molecule has 1 unspecified atom stereocenters. The molecule has 2 N–H and O–H groups in total. The lowest BCUT2D eigenvalue weighted by Gasteiger charge is -2.13. The Hall–Kier alpha value is -1.17. The molecule has 0 amide bonds. The second-order valence-corrected chi connectivity index (χ2v) is 5.66. The minimum Gasteiger partial charge on any atom is -0.370 e. The summed E-state index contributed by atoms with van der Waals surface area (Å²) in [5.41, 5.74) is 1.08. The molecule has 0 fully saturated rings. The van der Waals surface area contributed by atoms with Crippen LogP contribution in [0, 0.1) is 0 Å². The van der Waals surface area contributed by atoms with Gasteiger partial charge in [-0.1, -0.05) is 13.8 Å². The van der Waals surface area contributed by atoms with Gasteiger partial charge in [-0.05, 0) is 13.3 Å². The Balaban J connectivity index is 2.69. The standard InChI is InChI=1S/C12H22N4OS/c1-4-10-11(13-5-2)15-9-16-12(10)14-7-8-18(17)6-3/h9H,4-8H2,1-3H3,(H2,13,14,15,16).